The van der Waals surface area contributed by atoms with Crippen LogP contribution >= 0.6 is 0 Å². The first kappa shape index (κ1) is 16.6. The maximum atomic E-state index is 12.6. The predicted molar refractivity (Wildman–Crippen MR) is 68.9 cm³/mol. The number of ether oxygens (including phenoxy) is 1. The molecule has 0 atom stereocenters. The summed E-state index contributed by atoms with van der Waals surface area (Å²) in [5, 5.41) is 11.5. The standard InChI is InChI=1S/C14H13F3N2O2/c1-21-13(20)9-19-8-11(7-18)5-10-3-2-4-12(6-10)14(15,16)17/h2-4,6,8,19H,5,9H2,1H3/b11-8+. The van der Waals surface area contributed by atoms with Crippen LogP contribution in [0.5, 0.6) is 0 Å². The lowest BCUT2D eigenvalue weighted by Crippen LogP contribution is -2.19. The Labute approximate surface area is 119 Å². The number of rotatable bonds is 5. The van der Waals surface area contributed by atoms with Crippen LogP contribution in [-0.4, -0.2) is 19.6 Å². The quantitative estimate of drug-likeness (QED) is 0.670. The molecule has 0 saturated heterocycles. The van der Waals surface area contributed by atoms with E-state index in [1.54, 1.807) is 0 Å². The topological polar surface area (TPSA) is 62.1 Å². The number of halogens is 3. The highest BCUT2D eigenvalue weighted by atomic mass is 19.4. The van der Waals surface area contributed by atoms with Crippen LogP contribution in [0.3, 0.4) is 0 Å². The van der Waals surface area contributed by atoms with E-state index in [4.69, 9.17) is 5.26 Å². The van der Waals surface area contributed by atoms with Crippen LogP contribution in [0, 0.1) is 11.3 Å². The summed E-state index contributed by atoms with van der Waals surface area (Å²) in [6.45, 7) is -0.121. The molecule has 4 nitrogen and oxygen atoms in total. The third kappa shape index (κ3) is 5.57. The zero-order valence-corrected chi connectivity index (χ0v) is 11.2. The number of nitrogens with zero attached hydrogens (tertiary/aromatic N) is 1. The van der Waals surface area contributed by atoms with Crippen molar-refractivity contribution in [2.45, 2.75) is 12.6 Å². The van der Waals surface area contributed by atoms with E-state index in [9.17, 15) is 18.0 Å². The molecule has 0 radical (unpaired) electrons. The average Bonchev–Trinajstić information content (AvgIpc) is 2.45. The van der Waals surface area contributed by atoms with Crippen molar-refractivity contribution in [3.05, 3.63) is 47.2 Å². The van der Waals surface area contributed by atoms with Crippen molar-refractivity contribution in [2.75, 3.05) is 13.7 Å². The van der Waals surface area contributed by atoms with Gasteiger partial charge < -0.3 is 10.1 Å². The Morgan fingerprint density at radius 1 is 1.48 bits per heavy atom. The van der Waals surface area contributed by atoms with Gasteiger partial charge in [-0.15, -0.1) is 0 Å². The molecule has 1 rings (SSSR count). The number of hydrogen-bond acceptors (Lipinski definition) is 4. The minimum absolute atomic E-state index is 0.0363. The first-order valence-corrected chi connectivity index (χ1v) is 5.92. The SMILES string of the molecule is COC(=O)CN/C=C(/C#N)Cc1cccc(C(F)(F)F)c1. The van der Waals surface area contributed by atoms with Gasteiger partial charge in [-0.25, -0.2) is 0 Å². The van der Waals surface area contributed by atoms with Crippen LogP contribution in [0.4, 0.5) is 13.2 Å². The second-order valence-electron chi connectivity index (χ2n) is 4.11. The molecule has 1 aromatic carbocycles. The van der Waals surface area contributed by atoms with Gasteiger partial charge in [-0.05, 0) is 11.6 Å². The van der Waals surface area contributed by atoms with Crippen molar-refractivity contribution in [1.82, 2.24) is 5.32 Å². The van der Waals surface area contributed by atoms with Gasteiger partial charge in [-0.2, -0.15) is 18.4 Å². The van der Waals surface area contributed by atoms with E-state index in [-0.39, 0.29) is 18.5 Å². The van der Waals surface area contributed by atoms with Crippen molar-refractivity contribution in [3.63, 3.8) is 0 Å². The molecule has 0 aromatic heterocycles. The van der Waals surface area contributed by atoms with Gasteiger partial charge in [0.25, 0.3) is 0 Å². The van der Waals surface area contributed by atoms with Crippen molar-refractivity contribution in [2.24, 2.45) is 0 Å². The molecule has 0 heterocycles. The Morgan fingerprint density at radius 2 is 2.19 bits per heavy atom. The average molecular weight is 298 g/mol. The molecule has 0 aliphatic rings. The molecule has 0 fully saturated rings. The summed E-state index contributed by atoms with van der Waals surface area (Å²) >= 11 is 0. The lowest BCUT2D eigenvalue weighted by atomic mass is 10.0. The van der Waals surface area contributed by atoms with E-state index in [1.165, 1.54) is 25.4 Å². The normalized spacial score (nSPS) is 11.7. The third-order valence-corrected chi connectivity index (χ3v) is 2.54. The van der Waals surface area contributed by atoms with E-state index in [2.05, 4.69) is 10.1 Å². The number of carbonyl (C=O) groups is 1. The van der Waals surface area contributed by atoms with Crippen molar-refractivity contribution in [1.29, 1.82) is 5.26 Å². The lowest BCUT2D eigenvalue weighted by molar-refractivity contribution is -0.139. The van der Waals surface area contributed by atoms with Crippen LogP contribution < -0.4 is 5.32 Å². The first-order valence-electron chi connectivity index (χ1n) is 5.92. The maximum Gasteiger partial charge on any atom is 0.416 e. The van der Waals surface area contributed by atoms with Gasteiger partial charge in [-0.3, -0.25) is 4.79 Å². The molecule has 112 valence electrons. The number of allylic oxidation sites excluding steroid dienone is 1. The number of methoxy groups -OCH3 is 1. The van der Waals surface area contributed by atoms with E-state index in [1.807, 2.05) is 6.07 Å². The second kappa shape index (κ2) is 7.33. The van der Waals surface area contributed by atoms with Gasteiger partial charge in [0.05, 0.1) is 18.7 Å². The summed E-state index contributed by atoms with van der Waals surface area (Å²) in [5.41, 5.74) is -0.199. The molecule has 1 aromatic rings. The summed E-state index contributed by atoms with van der Waals surface area (Å²) in [6, 6.07) is 6.61. The van der Waals surface area contributed by atoms with Gasteiger partial charge in [0, 0.05) is 18.2 Å². The molecule has 0 aliphatic carbocycles. The highest BCUT2D eigenvalue weighted by Crippen LogP contribution is 2.29. The fourth-order valence-electron chi connectivity index (χ4n) is 1.53. The number of nitrogens with one attached hydrogen (secondary N) is 1. The monoisotopic (exact) mass is 298 g/mol. The molecule has 0 unspecified atom stereocenters. The van der Waals surface area contributed by atoms with Gasteiger partial charge in [0.1, 0.15) is 6.54 Å². The van der Waals surface area contributed by atoms with E-state index in [0.29, 0.717) is 5.56 Å². The predicted octanol–water partition coefficient (Wildman–Crippen LogP) is 2.42. The van der Waals surface area contributed by atoms with Gasteiger partial charge in [0.15, 0.2) is 0 Å². The number of benzene rings is 1. The second-order valence-corrected chi connectivity index (χ2v) is 4.11. The Balaban J connectivity index is 2.76. The number of nitriles is 1. The van der Waals surface area contributed by atoms with Crippen molar-refractivity contribution < 1.29 is 22.7 Å². The molecule has 0 aliphatic heterocycles. The Hall–Kier alpha value is -2.49. The molecular weight excluding hydrogens is 285 g/mol. The smallest absolute Gasteiger partial charge is 0.416 e. The highest BCUT2D eigenvalue weighted by molar-refractivity contribution is 5.71. The van der Waals surface area contributed by atoms with Crippen LogP contribution in [0.1, 0.15) is 11.1 Å². The number of esters is 1. The summed E-state index contributed by atoms with van der Waals surface area (Å²) in [4.78, 5) is 10.9. The summed E-state index contributed by atoms with van der Waals surface area (Å²) < 4.78 is 42.1. The Bertz CT molecular complexity index is 574. The zero-order chi connectivity index (χ0) is 15.9. The molecule has 0 bridgehead atoms. The Morgan fingerprint density at radius 3 is 2.76 bits per heavy atom. The van der Waals surface area contributed by atoms with Gasteiger partial charge in [0.2, 0.25) is 0 Å². The van der Waals surface area contributed by atoms with Gasteiger partial charge in [-0.1, -0.05) is 18.2 Å². The minimum atomic E-state index is -4.42. The molecule has 1 N–H and O–H groups in total. The van der Waals surface area contributed by atoms with Crippen molar-refractivity contribution in [3.8, 4) is 6.07 Å². The fraction of sp³-hybridized carbons (Fsp3) is 0.286. The lowest BCUT2D eigenvalue weighted by Gasteiger charge is -2.08. The summed E-state index contributed by atoms with van der Waals surface area (Å²) in [7, 11) is 1.22. The zero-order valence-electron chi connectivity index (χ0n) is 11.2. The van der Waals surface area contributed by atoms with E-state index >= 15 is 0 Å². The Kier molecular flexibility index (Phi) is 5.79. The minimum Gasteiger partial charge on any atom is -0.468 e. The maximum absolute atomic E-state index is 12.6. The van der Waals surface area contributed by atoms with Gasteiger partial charge >= 0.3 is 12.1 Å². The molecule has 0 amide bonds. The molecule has 7 heteroatoms. The van der Waals surface area contributed by atoms with Crippen LogP contribution in [0.15, 0.2) is 36.0 Å². The molecule has 21 heavy (non-hydrogen) atoms. The number of hydrogen-bond donors (Lipinski definition) is 1. The molecule has 0 spiro atoms. The highest BCUT2D eigenvalue weighted by Gasteiger charge is 2.30. The first-order chi connectivity index (χ1) is 9.86. The summed E-state index contributed by atoms with van der Waals surface area (Å²) in [6.07, 6.45) is -3.10. The van der Waals surface area contributed by atoms with E-state index in [0.717, 1.165) is 12.1 Å². The molecular formula is C14H13F3N2O2. The fourth-order valence-corrected chi connectivity index (χ4v) is 1.53. The third-order valence-electron chi connectivity index (χ3n) is 2.54. The van der Waals surface area contributed by atoms with Crippen LogP contribution in [0.25, 0.3) is 0 Å². The summed E-state index contributed by atoms with van der Waals surface area (Å²) in [5.74, 6) is -0.511. The van der Waals surface area contributed by atoms with Crippen LogP contribution in [-0.2, 0) is 22.1 Å². The van der Waals surface area contributed by atoms with Crippen LogP contribution in [0.2, 0.25) is 0 Å². The number of carbonyl (C=O) groups excluding carboxylic acids is 1. The largest absolute Gasteiger partial charge is 0.468 e. The van der Waals surface area contributed by atoms with E-state index < -0.39 is 17.7 Å². The van der Waals surface area contributed by atoms with Crippen molar-refractivity contribution >= 4 is 5.97 Å². The molecule has 0 saturated carbocycles. The number of alkyl halides is 3.